The highest BCUT2D eigenvalue weighted by molar-refractivity contribution is 6.30. The van der Waals surface area contributed by atoms with E-state index in [4.69, 9.17) is 16.0 Å². The quantitative estimate of drug-likeness (QED) is 0.296. The van der Waals surface area contributed by atoms with E-state index in [1.165, 1.54) is 19.1 Å². The smallest absolute Gasteiger partial charge is 0.344 e. The molecule has 0 aliphatic rings. The largest absolute Gasteiger partial charge is 0.422 e. The third-order valence-electron chi connectivity index (χ3n) is 4.47. The molecular formula is C22H15ClFN3O4. The molecule has 0 unspecified atom stereocenters. The van der Waals surface area contributed by atoms with Crippen LogP contribution in [0.2, 0.25) is 5.02 Å². The van der Waals surface area contributed by atoms with Gasteiger partial charge >= 0.3 is 11.7 Å². The Labute approximate surface area is 179 Å². The average molecular weight is 440 g/mol. The Bertz CT molecular complexity index is 1420. The van der Waals surface area contributed by atoms with E-state index in [-0.39, 0.29) is 16.6 Å². The summed E-state index contributed by atoms with van der Waals surface area (Å²) < 4.78 is 18.9. The van der Waals surface area contributed by atoms with Crippen molar-refractivity contribution in [3.63, 3.8) is 0 Å². The first-order chi connectivity index (χ1) is 14.8. The molecule has 0 saturated carbocycles. The van der Waals surface area contributed by atoms with Gasteiger partial charge in [-0.05, 0) is 54.6 Å². The van der Waals surface area contributed by atoms with Gasteiger partial charge in [-0.3, -0.25) is 4.79 Å². The fourth-order valence-corrected chi connectivity index (χ4v) is 3.27. The van der Waals surface area contributed by atoms with E-state index in [0.717, 1.165) is 6.07 Å². The molecule has 7 nitrogen and oxygen atoms in total. The van der Waals surface area contributed by atoms with Crippen molar-refractivity contribution < 1.29 is 18.4 Å². The summed E-state index contributed by atoms with van der Waals surface area (Å²) in [6, 6.07) is 12.9. The van der Waals surface area contributed by atoms with Crippen LogP contribution in [-0.4, -0.2) is 11.9 Å². The normalized spacial score (nSPS) is 10.8. The number of carbonyl (C=O) groups excluding carboxylic acids is 2. The summed E-state index contributed by atoms with van der Waals surface area (Å²) in [5.74, 6) is -0.897. The zero-order chi connectivity index (χ0) is 22.1. The topological polar surface area (TPSA) is 100 Å². The highest BCUT2D eigenvalue weighted by Gasteiger charge is 2.11. The van der Waals surface area contributed by atoms with Crippen LogP contribution < -0.4 is 21.6 Å². The first-order valence-electron chi connectivity index (χ1n) is 9.11. The summed E-state index contributed by atoms with van der Waals surface area (Å²) >= 11 is 5.64. The highest BCUT2D eigenvalue weighted by Crippen LogP contribution is 2.28. The number of benzene rings is 3. The number of halogens is 2. The molecule has 0 fully saturated rings. The van der Waals surface area contributed by atoms with Crippen LogP contribution in [0.4, 0.5) is 26.2 Å². The average Bonchev–Trinajstić information content (AvgIpc) is 2.71. The van der Waals surface area contributed by atoms with Crippen LogP contribution in [0.3, 0.4) is 0 Å². The second-order valence-electron chi connectivity index (χ2n) is 6.75. The van der Waals surface area contributed by atoms with E-state index in [0.29, 0.717) is 33.1 Å². The molecule has 31 heavy (non-hydrogen) atoms. The molecule has 4 rings (SSSR count). The van der Waals surface area contributed by atoms with E-state index in [1.54, 1.807) is 36.4 Å². The van der Waals surface area contributed by atoms with Crippen LogP contribution in [0.5, 0.6) is 0 Å². The zero-order valence-electron chi connectivity index (χ0n) is 16.1. The van der Waals surface area contributed by atoms with Crippen molar-refractivity contribution >= 4 is 62.3 Å². The molecule has 0 spiro atoms. The molecule has 0 atom stereocenters. The minimum absolute atomic E-state index is 0.0486. The predicted molar refractivity (Wildman–Crippen MR) is 118 cm³/mol. The van der Waals surface area contributed by atoms with Gasteiger partial charge in [0, 0.05) is 34.8 Å². The number of amides is 3. The van der Waals surface area contributed by atoms with E-state index >= 15 is 0 Å². The molecule has 3 N–H and O–H groups in total. The maximum Gasteiger partial charge on any atom is 0.344 e. The predicted octanol–water partition coefficient (Wildman–Crippen LogP) is 5.34. The van der Waals surface area contributed by atoms with Gasteiger partial charge in [0.1, 0.15) is 11.4 Å². The Kier molecular flexibility index (Phi) is 5.31. The Morgan fingerprint density at radius 2 is 1.45 bits per heavy atom. The lowest BCUT2D eigenvalue weighted by atomic mass is 10.1. The molecule has 4 aromatic rings. The number of hydrogen-bond donors (Lipinski definition) is 3. The monoisotopic (exact) mass is 439 g/mol. The Morgan fingerprint density at radius 1 is 0.839 bits per heavy atom. The van der Waals surface area contributed by atoms with Crippen LogP contribution in [0.15, 0.2) is 63.8 Å². The van der Waals surface area contributed by atoms with Crippen molar-refractivity contribution in [1.82, 2.24) is 0 Å². The summed E-state index contributed by atoms with van der Waals surface area (Å²) in [5, 5.41) is 9.24. The van der Waals surface area contributed by atoms with Gasteiger partial charge in [-0.2, -0.15) is 0 Å². The van der Waals surface area contributed by atoms with Crippen LogP contribution in [0.1, 0.15) is 6.92 Å². The minimum atomic E-state index is -0.651. The van der Waals surface area contributed by atoms with Crippen LogP contribution in [-0.2, 0) is 4.79 Å². The van der Waals surface area contributed by atoms with E-state index in [9.17, 15) is 18.8 Å². The third-order valence-corrected chi connectivity index (χ3v) is 4.77. The van der Waals surface area contributed by atoms with Crippen molar-refractivity contribution in [2.75, 3.05) is 16.0 Å². The molecule has 0 radical (unpaired) electrons. The number of anilines is 3. The van der Waals surface area contributed by atoms with Gasteiger partial charge in [0.25, 0.3) is 0 Å². The first kappa shape index (κ1) is 20.4. The van der Waals surface area contributed by atoms with Crippen molar-refractivity contribution in [3.8, 4) is 0 Å². The number of rotatable bonds is 3. The molecular weight excluding hydrogens is 425 g/mol. The Morgan fingerprint density at radius 3 is 2.16 bits per heavy atom. The Hall–Kier alpha value is -3.91. The van der Waals surface area contributed by atoms with Gasteiger partial charge in [0.05, 0.1) is 10.4 Å². The number of carbonyl (C=O) groups is 2. The van der Waals surface area contributed by atoms with Crippen molar-refractivity contribution in [2.45, 2.75) is 6.92 Å². The summed E-state index contributed by atoms with van der Waals surface area (Å²) in [4.78, 5) is 35.9. The van der Waals surface area contributed by atoms with E-state index in [1.807, 2.05) is 0 Å². The van der Waals surface area contributed by atoms with Gasteiger partial charge in [0.15, 0.2) is 0 Å². The van der Waals surface area contributed by atoms with E-state index < -0.39 is 17.5 Å². The number of urea groups is 1. The molecule has 0 saturated heterocycles. The van der Waals surface area contributed by atoms with Gasteiger partial charge in [-0.25, -0.2) is 14.0 Å². The first-order valence-corrected chi connectivity index (χ1v) is 9.49. The maximum absolute atomic E-state index is 13.6. The summed E-state index contributed by atoms with van der Waals surface area (Å²) in [7, 11) is 0. The summed E-state index contributed by atoms with van der Waals surface area (Å²) in [6.45, 7) is 1.38. The summed E-state index contributed by atoms with van der Waals surface area (Å²) in [6.07, 6.45) is 0. The third kappa shape index (κ3) is 4.34. The fourth-order valence-electron chi connectivity index (χ4n) is 3.16. The Balaban J connectivity index is 1.68. The second-order valence-corrected chi connectivity index (χ2v) is 7.16. The summed E-state index contributed by atoms with van der Waals surface area (Å²) in [5.41, 5.74) is 0.979. The van der Waals surface area contributed by atoms with Gasteiger partial charge in [-0.15, -0.1) is 0 Å². The lowest BCUT2D eigenvalue weighted by molar-refractivity contribution is -0.114. The second kappa shape index (κ2) is 8.08. The van der Waals surface area contributed by atoms with Crippen molar-refractivity contribution in [2.24, 2.45) is 0 Å². The molecule has 1 aromatic heterocycles. The molecule has 1 heterocycles. The van der Waals surface area contributed by atoms with Gasteiger partial charge in [-0.1, -0.05) is 11.6 Å². The molecule has 9 heteroatoms. The fraction of sp³-hybridized carbons (Fsp3) is 0.0455. The maximum atomic E-state index is 13.6. The van der Waals surface area contributed by atoms with Gasteiger partial charge in [0.2, 0.25) is 5.91 Å². The van der Waals surface area contributed by atoms with Crippen molar-refractivity contribution in [3.05, 3.63) is 75.9 Å². The molecule has 156 valence electrons. The number of fused-ring (bicyclic) bond motifs is 3. The SMILES string of the molecule is CC(=O)Nc1ccc2c(=O)oc3ccc(NC(=O)Nc4ccc(Cl)c(F)c4)cc3c2c1. The lowest BCUT2D eigenvalue weighted by Gasteiger charge is -2.10. The molecule has 0 bridgehead atoms. The van der Waals surface area contributed by atoms with Gasteiger partial charge < -0.3 is 20.4 Å². The molecule has 0 aliphatic heterocycles. The van der Waals surface area contributed by atoms with Crippen LogP contribution >= 0.6 is 11.6 Å². The molecule has 3 amide bonds. The molecule has 0 aliphatic carbocycles. The number of nitrogens with one attached hydrogen (secondary N) is 3. The molecule has 3 aromatic carbocycles. The highest BCUT2D eigenvalue weighted by atomic mass is 35.5. The number of hydrogen-bond acceptors (Lipinski definition) is 4. The standard InChI is InChI=1S/C22H15ClFN3O4/c1-11(28)25-12-2-5-15-16(8-12)17-9-13(4-7-20(17)31-21(15)29)26-22(30)27-14-3-6-18(23)19(24)10-14/h2-10H,1H3,(H,25,28)(H2,26,27,30). The minimum Gasteiger partial charge on any atom is -0.422 e. The lowest BCUT2D eigenvalue weighted by Crippen LogP contribution is -2.19. The van der Waals surface area contributed by atoms with Crippen LogP contribution in [0.25, 0.3) is 21.7 Å². The van der Waals surface area contributed by atoms with E-state index in [2.05, 4.69) is 16.0 Å². The van der Waals surface area contributed by atoms with Crippen LogP contribution in [0, 0.1) is 5.82 Å². The van der Waals surface area contributed by atoms with Crippen molar-refractivity contribution in [1.29, 1.82) is 0 Å². The zero-order valence-corrected chi connectivity index (χ0v) is 16.8.